The first-order valence-electron chi connectivity index (χ1n) is 9.01. The largest absolute Gasteiger partial charge is 0.497 e. The first-order valence-corrected chi connectivity index (χ1v) is 10.5. The fourth-order valence-corrected chi connectivity index (χ4v) is 5.37. The van der Waals surface area contributed by atoms with Crippen molar-refractivity contribution >= 4 is 28.4 Å². The molecule has 1 saturated carbocycles. The molecule has 11 heteroatoms. The van der Waals surface area contributed by atoms with E-state index < -0.39 is 45.7 Å². The summed E-state index contributed by atoms with van der Waals surface area (Å²) in [6.45, 7) is -0.410. The topological polar surface area (TPSA) is 84.9 Å². The minimum absolute atomic E-state index is 0. The van der Waals surface area contributed by atoms with Gasteiger partial charge in [0.1, 0.15) is 11.8 Å². The number of nitrogens with one attached hydrogen (secondary N) is 1. The molecule has 1 heterocycles. The molecule has 0 amide bonds. The molecule has 0 bridgehead atoms. The second kappa shape index (κ2) is 9.11. The molecule has 7 nitrogen and oxygen atoms in total. The van der Waals surface area contributed by atoms with Crippen molar-refractivity contribution in [3.63, 3.8) is 0 Å². The number of ether oxygens (including phenoxy) is 2. The van der Waals surface area contributed by atoms with Crippen molar-refractivity contribution in [3.05, 3.63) is 29.8 Å². The molecule has 2 atom stereocenters. The predicted octanol–water partition coefficient (Wildman–Crippen LogP) is 1.95. The van der Waals surface area contributed by atoms with Crippen molar-refractivity contribution in [2.45, 2.75) is 49.1 Å². The van der Waals surface area contributed by atoms with Crippen LogP contribution >= 0.6 is 12.4 Å². The van der Waals surface area contributed by atoms with Crippen LogP contribution in [0.25, 0.3) is 0 Å². The number of nitrogens with zero attached hydrogens (tertiary/aromatic N) is 1. The summed E-state index contributed by atoms with van der Waals surface area (Å²) >= 11 is 0. The maximum absolute atomic E-state index is 15.1. The number of alkyl halides is 2. The van der Waals surface area contributed by atoms with Gasteiger partial charge in [-0.15, -0.1) is 12.4 Å². The maximum atomic E-state index is 15.1. The monoisotopic (exact) mass is 454 g/mol. The average Bonchev–Trinajstić information content (AvgIpc) is 3.48. The molecule has 0 aromatic heterocycles. The van der Waals surface area contributed by atoms with Gasteiger partial charge in [-0.1, -0.05) is 12.1 Å². The zero-order valence-electron chi connectivity index (χ0n) is 16.1. The second-order valence-electron chi connectivity index (χ2n) is 7.07. The summed E-state index contributed by atoms with van der Waals surface area (Å²) in [6.07, 6.45) is 0.414. The van der Waals surface area contributed by atoms with E-state index in [1.54, 1.807) is 24.3 Å². The number of halogens is 3. The van der Waals surface area contributed by atoms with Crippen LogP contribution in [0.1, 0.15) is 24.8 Å². The Morgan fingerprint density at radius 3 is 2.38 bits per heavy atom. The molecule has 29 heavy (non-hydrogen) atoms. The highest BCUT2D eigenvalue weighted by atomic mass is 35.5. The van der Waals surface area contributed by atoms with E-state index >= 15 is 8.78 Å². The van der Waals surface area contributed by atoms with Gasteiger partial charge in [-0.3, -0.25) is 4.79 Å². The lowest BCUT2D eigenvalue weighted by atomic mass is 10.0. The van der Waals surface area contributed by atoms with Crippen LogP contribution in [-0.2, 0) is 26.1 Å². The van der Waals surface area contributed by atoms with Gasteiger partial charge >= 0.3 is 5.97 Å². The summed E-state index contributed by atoms with van der Waals surface area (Å²) < 4.78 is 66.4. The van der Waals surface area contributed by atoms with Crippen LogP contribution in [-0.4, -0.2) is 62.7 Å². The summed E-state index contributed by atoms with van der Waals surface area (Å²) in [5.41, 5.74) is 0.581. The van der Waals surface area contributed by atoms with E-state index in [-0.39, 0.29) is 25.5 Å². The third kappa shape index (κ3) is 4.99. The number of rotatable bonds is 8. The van der Waals surface area contributed by atoms with Crippen LogP contribution in [0.4, 0.5) is 8.78 Å². The Kier molecular flexibility index (Phi) is 7.47. The van der Waals surface area contributed by atoms with E-state index in [4.69, 9.17) is 4.74 Å². The fourth-order valence-electron chi connectivity index (χ4n) is 3.36. The average molecular weight is 455 g/mol. The van der Waals surface area contributed by atoms with Gasteiger partial charge in [0.25, 0.3) is 5.92 Å². The van der Waals surface area contributed by atoms with Crippen molar-refractivity contribution in [2.75, 3.05) is 20.8 Å². The van der Waals surface area contributed by atoms with E-state index in [1.165, 1.54) is 7.11 Å². The quantitative estimate of drug-likeness (QED) is 0.604. The van der Waals surface area contributed by atoms with Crippen LogP contribution in [0.2, 0.25) is 0 Å². The minimum atomic E-state index is -3.89. The summed E-state index contributed by atoms with van der Waals surface area (Å²) in [5, 5.41) is 1.98. The Balaban J connectivity index is 0.00000300. The van der Waals surface area contributed by atoms with Crippen molar-refractivity contribution in [1.29, 1.82) is 0 Å². The van der Waals surface area contributed by atoms with Gasteiger partial charge in [0, 0.05) is 13.1 Å². The molecule has 0 spiro atoms. The molecular formula is C18H25ClF2N2O5S. The van der Waals surface area contributed by atoms with Gasteiger partial charge in [-0.2, -0.15) is 4.31 Å². The smallest absolute Gasteiger partial charge is 0.307 e. The molecule has 0 radical (unpaired) electrons. The lowest BCUT2D eigenvalue weighted by Crippen LogP contribution is -2.52. The number of esters is 1. The number of benzene rings is 1. The lowest BCUT2D eigenvalue weighted by Gasteiger charge is -2.32. The number of carbonyl (C=O) groups is 1. The van der Waals surface area contributed by atoms with Crippen molar-refractivity contribution in [1.82, 2.24) is 9.62 Å². The second-order valence-corrected chi connectivity index (χ2v) is 9.23. The Hall–Kier alpha value is -1.49. The van der Waals surface area contributed by atoms with Crippen LogP contribution in [0, 0.1) is 0 Å². The highest BCUT2D eigenvalue weighted by molar-refractivity contribution is 7.90. The van der Waals surface area contributed by atoms with E-state index in [2.05, 4.69) is 10.1 Å². The normalized spacial score (nSPS) is 23.5. The summed E-state index contributed by atoms with van der Waals surface area (Å²) in [5.74, 6) is -3.60. The van der Waals surface area contributed by atoms with E-state index in [1.807, 2.05) is 0 Å². The molecule has 0 unspecified atom stereocenters. The summed E-state index contributed by atoms with van der Waals surface area (Å²) in [7, 11) is -1.26. The van der Waals surface area contributed by atoms with E-state index in [0.29, 0.717) is 24.2 Å². The third-order valence-corrected chi connectivity index (χ3v) is 7.53. The van der Waals surface area contributed by atoms with E-state index in [0.717, 1.165) is 11.4 Å². The molecule has 2 fully saturated rings. The zero-order chi connectivity index (χ0) is 20.5. The van der Waals surface area contributed by atoms with E-state index in [9.17, 15) is 13.2 Å². The van der Waals surface area contributed by atoms with Gasteiger partial charge in [0.15, 0.2) is 0 Å². The predicted molar refractivity (Wildman–Crippen MR) is 105 cm³/mol. The van der Waals surface area contributed by atoms with Crippen LogP contribution in [0.5, 0.6) is 5.75 Å². The summed E-state index contributed by atoms with van der Waals surface area (Å²) in [6, 6.07) is 3.57. The SMILES string of the molecule is COC(=O)C[C@H]1NC[C@@H](N(Cc2ccc(OC)cc2)S(=O)(=O)C2CC2)C1(F)F.Cl. The van der Waals surface area contributed by atoms with Gasteiger partial charge in [-0.05, 0) is 30.5 Å². The lowest BCUT2D eigenvalue weighted by molar-refractivity contribution is -0.144. The molecule has 1 saturated heterocycles. The molecule has 1 N–H and O–H groups in total. The zero-order valence-corrected chi connectivity index (χ0v) is 17.8. The molecule has 1 aromatic rings. The standard InChI is InChI=1S/C18H24F2N2O5S.ClH/c1-26-13-5-3-12(4-6-13)11-22(28(24,25)14-7-8-14)16-10-21-15(18(16,19)20)9-17(23)27-2;/h3-6,14-16,21H,7-11H2,1-2H3;1H/t15-,16-;/m1./s1. The van der Waals surface area contributed by atoms with Crippen LogP contribution in [0.15, 0.2) is 24.3 Å². The number of hydrogen-bond donors (Lipinski definition) is 1. The Labute approximate surface area is 175 Å². The Morgan fingerprint density at radius 1 is 1.24 bits per heavy atom. The van der Waals surface area contributed by atoms with Gasteiger partial charge in [-0.25, -0.2) is 17.2 Å². The fraction of sp³-hybridized carbons (Fsp3) is 0.611. The molecule has 2 aliphatic rings. The first kappa shape index (κ1) is 23.8. The molecule has 1 aromatic carbocycles. The Bertz CT molecular complexity index is 818. The summed E-state index contributed by atoms with van der Waals surface area (Å²) in [4.78, 5) is 11.5. The van der Waals surface area contributed by atoms with Crippen molar-refractivity contribution < 1.29 is 31.5 Å². The number of sulfonamides is 1. The van der Waals surface area contributed by atoms with Gasteiger partial charge in [0.2, 0.25) is 10.0 Å². The van der Waals surface area contributed by atoms with Gasteiger partial charge in [0.05, 0.1) is 31.9 Å². The third-order valence-electron chi connectivity index (χ3n) is 5.18. The molecular weight excluding hydrogens is 430 g/mol. The molecule has 164 valence electrons. The molecule has 1 aliphatic carbocycles. The van der Waals surface area contributed by atoms with Gasteiger partial charge < -0.3 is 14.8 Å². The van der Waals surface area contributed by atoms with Crippen LogP contribution in [0.3, 0.4) is 0 Å². The number of hydrogen-bond acceptors (Lipinski definition) is 6. The van der Waals surface area contributed by atoms with Crippen LogP contribution < -0.4 is 10.1 Å². The number of carbonyl (C=O) groups excluding carboxylic acids is 1. The minimum Gasteiger partial charge on any atom is -0.497 e. The number of methoxy groups -OCH3 is 2. The Morgan fingerprint density at radius 2 is 1.86 bits per heavy atom. The molecule has 1 aliphatic heterocycles. The highest BCUT2D eigenvalue weighted by Crippen LogP contribution is 2.40. The molecule has 3 rings (SSSR count). The van der Waals surface area contributed by atoms with Crippen molar-refractivity contribution in [3.8, 4) is 5.75 Å². The highest BCUT2D eigenvalue weighted by Gasteiger charge is 2.58. The van der Waals surface area contributed by atoms with Crippen molar-refractivity contribution in [2.24, 2.45) is 0 Å². The maximum Gasteiger partial charge on any atom is 0.307 e. The first-order chi connectivity index (χ1) is 13.2.